The van der Waals surface area contributed by atoms with E-state index in [2.05, 4.69) is 29.2 Å². The Balaban J connectivity index is 0.00000312. The molecule has 134 valence electrons. The van der Waals surface area contributed by atoms with Gasteiger partial charge in [0.25, 0.3) is 0 Å². The van der Waals surface area contributed by atoms with Crippen molar-refractivity contribution in [1.82, 2.24) is 0 Å². The van der Waals surface area contributed by atoms with Gasteiger partial charge in [-0.1, -0.05) is 59.9 Å². The number of hydrogen-bond acceptors (Lipinski definition) is 5. The standard InChI is InChI=1S/C17H21N5S2.BrH/c1-22(14-8-4-2-6-12(14)10-23-16(18)19)15-9-5-3-7-13(15)11-24-17(20)21;/h2-9H,10-11H2,1H3,(H3,18,19)(H3,20,21);1H. The lowest BCUT2D eigenvalue weighted by Crippen LogP contribution is -2.14. The molecule has 8 heteroatoms. The molecule has 0 aliphatic heterocycles. The van der Waals surface area contributed by atoms with Crippen LogP contribution in [-0.4, -0.2) is 17.4 Å². The molecule has 0 aromatic heterocycles. The number of para-hydroxylation sites is 2. The summed E-state index contributed by atoms with van der Waals surface area (Å²) in [4.78, 5) is 2.13. The SMILES string of the molecule is Br.CN(c1ccccc1CSC(=N)N)c1ccccc1CSC(=N)N. The molecular weight excluding hydrogens is 418 g/mol. The fraction of sp³-hybridized carbons (Fsp3) is 0.176. The van der Waals surface area contributed by atoms with Crippen LogP contribution < -0.4 is 16.4 Å². The average Bonchev–Trinajstić information content (AvgIpc) is 2.58. The van der Waals surface area contributed by atoms with Crippen LogP contribution in [-0.2, 0) is 11.5 Å². The number of benzene rings is 2. The Kier molecular flexibility index (Phi) is 8.88. The zero-order valence-corrected chi connectivity index (χ0v) is 17.2. The zero-order chi connectivity index (χ0) is 17.5. The third-order valence-electron chi connectivity index (χ3n) is 3.47. The monoisotopic (exact) mass is 439 g/mol. The summed E-state index contributed by atoms with van der Waals surface area (Å²) in [7, 11) is 2.02. The van der Waals surface area contributed by atoms with Crippen LogP contribution in [0.2, 0.25) is 0 Å². The summed E-state index contributed by atoms with van der Waals surface area (Å²) < 4.78 is 0. The first-order valence-electron chi connectivity index (χ1n) is 7.32. The summed E-state index contributed by atoms with van der Waals surface area (Å²) in [6.07, 6.45) is 0. The minimum absolute atomic E-state index is 0. The number of hydrogen-bond donors (Lipinski definition) is 4. The van der Waals surface area contributed by atoms with E-state index in [1.54, 1.807) is 0 Å². The van der Waals surface area contributed by atoms with Crippen LogP contribution in [0.1, 0.15) is 11.1 Å². The second-order valence-corrected chi connectivity index (χ2v) is 7.16. The van der Waals surface area contributed by atoms with Crippen molar-refractivity contribution < 1.29 is 0 Å². The van der Waals surface area contributed by atoms with Gasteiger partial charge >= 0.3 is 0 Å². The molecule has 0 fully saturated rings. The Morgan fingerprint density at radius 1 is 0.840 bits per heavy atom. The van der Waals surface area contributed by atoms with Crippen LogP contribution >= 0.6 is 40.5 Å². The Bertz CT molecular complexity index is 677. The molecule has 0 heterocycles. The zero-order valence-electron chi connectivity index (χ0n) is 13.9. The van der Waals surface area contributed by atoms with Crippen LogP contribution in [0.15, 0.2) is 48.5 Å². The molecular formula is C17H22BrN5S2. The first-order valence-corrected chi connectivity index (χ1v) is 9.29. The molecule has 0 amide bonds. The van der Waals surface area contributed by atoms with E-state index in [9.17, 15) is 0 Å². The minimum atomic E-state index is 0. The van der Waals surface area contributed by atoms with E-state index in [-0.39, 0.29) is 27.3 Å². The first kappa shape index (κ1) is 21.4. The van der Waals surface area contributed by atoms with Crippen LogP contribution in [0.5, 0.6) is 0 Å². The van der Waals surface area contributed by atoms with Gasteiger partial charge in [0.1, 0.15) is 0 Å². The molecule has 0 saturated carbocycles. The normalized spacial score (nSPS) is 9.96. The summed E-state index contributed by atoms with van der Waals surface area (Å²) in [5, 5.41) is 15.0. The Labute approximate surface area is 167 Å². The summed E-state index contributed by atoms with van der Waals surface area (Å²) >= 11 is 2.63. The van der Waals surface area contributed by atoms with Gasteiger partial charge in [-0.25, -0.2) is 0 Å². The van der Waals surface area contributed by atoms with Gasteiger partial charge in [0, 0.05) is 29.9 Å². The number of nitrogens with one attached hydrogen (secondary N) is 2. The smallest absolute Gasteiger partial charge is 0.151 e. The quantitative estimate of drug-likeness (QED) is 0.397. The lowest BCUT2D eigenvalue weighted by molar-refractivity contribution is 1.16. The van der Waals surface area contributed by atoms with Crippen LogP contribution in [0.25, 0.3) is 0 Å². The van der Waals surface area contributed by atoms with E-state index in [0.29, 0.717) is 11.5 Å². The number of anilines is 2. The number of nitrogens with zero attached hydrogens (tertiary/aromatic N) is 1. The lowest BCUT2D eigenvalue weighted by Gasteiger charge is -2.25. The summed E-state index contributed by atoms with van der Waals surface area (Å²) in [6.45, 7) is 0. The van der Waals surface area contributed by atoms with Crippen molar-refractivity contribution in [2.75, 3.05) is 11.9 Å². The highest BCUT2D eigenvalue weighted by Gasteiger charge is 2.13. The molecule has 0 spiro atoms. The number of rotatable bonds is 6. The van der Waals surface area contributed by atoms with Gasteiger partial charge in [-0.3, -0.25) is 10.8 Å². The highest BCUT2D eigenvalue weighted by Crippen LogP contribution is 2.32. The van der Waals surface area contributed by atoms with Gasteiger partial charge in [0.15, 0.2) is 10.3 Å². The van der Waals surface area contributed by atoms with E-state index < -0.39 is 0 Å². The maximum atomic E-state index is 7.41. The second-order valence-electron chi connectivity index (χ2n) is 5.12. The molecule has 2 aromatic carbocycles. The number of halogens is 1. The third-order valence-corrected chi connectivity index (χ3v) is 5.00. The molecule has 0 saturated heterocycles. The lowest BCUT2D eigenvalue weighted by atomic mass is 10.1. The molecule has 2 rings (SSSR count). The second kappa shape index (κ2) is 10.4. The summed E-state index contributed by atoms with van der Waals surface area (Å²) in [5.74, 6) is 1.31. The predicted octanol–water partition coefficient (Wildman–Crippen LogP) is 4.29. The molecule has 0 unspecified atom stereocenters. The third kappa shape index (κ3) is 6.30. The van der Waals surface area contributed by atoms with Crippen molar-refractivity contribution in [2.24, 2.45) is 11.5 Å². The number of thioether (sulfide) groups is 2. The maximum Gasteiger partial charge on any atom is 0.151 e. The predicted molar refractivity (Wildman–Crippen MR) is 118 cm³/mol. The average molecular weight is 440 g/mol. The van der Waals surface area contributed by atoms with E-state index in [1.807, 2.05) is 31.3 Å². The Morgan fingerprint density at radius 2 is 1.20 bits per heavy atom. The van der Waals surface area contributed by atoms with E-state index in [1.165, 1.54) is 23.5 Å². The van der Waals surface area contributed by atoms with Gasteiger partial charge < -0.3 is 16.4 Å². The van der Waals surface area contributed by atoms with Gasteiger partial charge in [0.2, 0.25) is 0 Å². The van der Waals surface area contributed by atoms with Crippen molar-refractivity contribution in [3.63, 3.8) is 0 Å². The highest BCUT2D eigenvalue weighted by atomic mass is 79.9. The molecule has 6 N–H and O–H groups in total. The fourth-order valence-corrected chi connectivity index (χ4v) is 3.47. The molecule has 5 nitrogen and oxygen atoms in total. The maximum absolute atomic E-state index is 7.41. The van der Waals surface area contributed by atoms with Gasteiger partial charge in [-0.15, -0.1) is 17.0 Å². The number of nitrogens with two attached hydrogens (primary N) is 2. The van der Waals surface area contributed by atoms with Crippen LogP contribution in [0.3, 0.4) is 0 Å². The van der Waals surface area contributed by atoms with Gasteiger partial charge in [0.05, 0.1) is 0 Å². The first-order chi connectivity index (χ1) is 11.5. The molecule has 0 aliphatic rings. The fourth-order valence-electron chi connectivity index (χ4n) is 2.36. The van der Waals surface area contributed by atoms with Crippen LogP contribution in [0, 0.1) is 10.8 Å². The van der Waals surface area contributed by atoms with Crippen molar-refractivity contribution in [3.05, 3.63) is 59.7 Å². The van der Waals surface area contributed by atoms with Gasteiger partial charge in [-0.05, 0) is 23.3 Å². The van der Waals surface area contributed by atoms with E-state index in [0.717, 1.165) is 22.5 Å². The molecule has 0 bridgehead atoms. The topological polar surface area (TPSA) is 103 Å². The summed E-state index contributed by atoms with van der Waals surface area (Å²) in [5.41, 5.74) is 15.3. The molecule has 25 heavy (non-hydrogen) atoms. The van der Waals surface area contributed by atoms with Crippen molar-refractivity contribution in [2.45, 2.75) is 11.5 Å². The van der Waals surface area contributed by atoms with E-state index in [4.69, 9.17) is 22.3 Å². The van der Waals surface area contributed by atoms with Gasteiger partial charge in [-0.2, -0.15) is 0 Å². The molecule has 0 aliphatic carbocycles. The summed E-state index contributed by atoms with van der Waals surface area (Å²) in [6, 6.07) is 16.2. The number of amidine groups is 2. The van der Waals surface area contributed by atoms with E-state index >= 15 is 0 Å². The molecule has 0 atom stereocenters. The minimum Gasteiger partial charge on any atom is -0.379 e. The highest BCUT2D eigenvalue weighted by molar-refractivity contribution is 8.93. The molecule has 0 radical (unpaired) electrons. The van der Waals surface area contributed by atoms with Crippen molar-refractivity contribution in [1.29, 1.82) is 10.8 Å². The largest absolute Gasteiger partial charge is 0.379 e. The van der Waals surface area contributed by atoms with Crippen molar-refractivity contribution >= 4 is 62.2 Å². The van der Waals surface area contributed by atoms with Crippen LogP contribution in [0.4, 0.5) is 11.4 Å². The Morgan fingerprint density at radius 3 is 1.56 bits per heavy atom. The molecule has 2 aromatic rings. The Hall–Kier alpha value is -1.64. The van der Waals surface area contributed by atoms with Crippen molar-refractivity contribution in [3.8, 4) is 0 Å².